The first-order valence-electron chi connectivity index (χ1n) is 12.5. The number of carbonyl (C=O) groups is 2. The molecule has 0 spiro atoms. The highest BCUT2D eigenvalue weighted by atomic mass is 16.5. The van der Waals surface area contributed by atoms with Gasteiger partial charge in [-0.2, -0.15) is 10.2 Å². The summed E-state index contributed by atoms with van der Waals surface area (Å²) in [5, 5.41) is 22.3. The zero-order valence-electron chi connectivity index (χ0n) is 22.0. The van der Waals surface area contributed by atoms with Gasteiger partial charge in [0, 0.05) is 17.3 Å². The number of aromatic hydroxyl groups is 1. The third-order valence-electron chi connectivity index (χ3n) is 7.23. The minimum absolute atomic E-state index is 0.0242. The molecular formula is C30H30N4O4. The van der Waals surface area contributed by atoms with Crippen LogP contribution in [-0.2, 0) is 9.59 Å². The minimum atomic E-state index is -0.720. The van der Waals surface area contributed by atoms with Gasteiger partial charge in [-0.25, -0.2) is 10.0 Å². The largest absolute Gasteiger partial charge is 0.504 e. The van der Waals surface area contributed by atoms with Gasteiger partial charge < -0.3 is 9.84 Å². The lowest BCUT2D eigenvalue weighted by Gasteiger charge is -2.29. The number of amides is 2. The van der Waals surface area contributed by atoms with E-state index in [9.17, 15) is 14.7 Å². The number of phenolic OH excluding ortho intramolecular Hbond substituents is 1. The molecule has 38 heavy (non-hydrogen) atoms. The van der Waals surface area contributed by atoms with Crippen LogP contribution in [0.4, 0.5) is 11.4 Å². The minimum Gasteiger partial charge on any atom is -0.504 e. The van der Waals surface area contributed by atoms with Gasteiger partial charge in [-0.05, 0) is 69.7 Å². The summed E-state index contributed by atoms with van der Waals surface area (Å²) >= 11 is 0. The molecule has 0 aromatic heterocycles. The topological polar surface area (TPSA) is 94.8 Å². The van der Waals surface area contributed by atoms with Gasteiger partial charge in [-0.3, -0.25) is 9.59 Å². The molecule has 2 aliphatic heterocycles. The second kappa shape index (κ2) is 9.78. The van der Waals surface area contributed by atoms with Crippen LogP contribution in [0.2, 0.25) is 0 Å². The van der Waals surface area contributed by atoms with E-state index in [0.29, 0.717) is 28.4 Å². The lowest BCUT2D eigenvalue weighted by Crippen LogP contribution is -2.40. The zero-order valence-corrected chi connectivity index (χ0v) is 22.0. The van der Waals surface area contributed by atoms with Gasteiger partial charge in [0.2, 0.25) is 0 Å². The summed E-state index contributed by atoms with van der Waals surface area (Å²) in [7, 11) is 1.47. The fraction of sp³-hybridized carbons (Fsp3) is 0.267. The van der Waals surface area contributed by atoms with Gasteiger partial charge in [-0.15, -0.1) is 0 Å². The van der Waals surface area contributed by atoms with E-state index in [4.69, 9.17) is 4.74 Å². The monoisotopic (exact) mass is 510 g/mol. The first-order chi connectivity index (χ1) is 18.2. The number of hydrogen-bond acceptors (Lipinski definition) is 6. The number of rotatable bonds is 6. The van der Waals surface area contributed by atoms with E-state index >= 15 is 0 Å². The van der Waals surface area contributed by atoms with E-state index in [2.05, 4.69) is 10.2 Å². The second-order valence-corrected chi connectivity index (χ2v) is 9.87. The Morgan fingerprint density at radius 3 is 1.61 bits per heavy atom. The summed E-state index contributed by atoms with van der Waals surface area (Å²) < 4.78 is 5.37. The molecule has 8 heteroatoms. The third-order valence-corrected chi connectivity index (χ3v) is 7.23. The lowest BCUT2D eigenvalue weighted by atomic mass is 9.73. The number of phenols is 1. The van der Waals surface area contributed by atoms with E-state index < -0.39 is 17.8 Å². The maximum absolute atomic E-state index is 14.0. The fourth-order valence-electron chi connectivity index (χ4n) is 5.21. The molecule has 0 saturated heterocycles. The summed E-state index contributed by atoms with van der Waals surface area (Å²) in [5.41, 5.74) is 5.35. The van der Waals surface area contributed by atoms with Crippen molar-refractivity contribution in [3.05, 3.63) is 83.4 Å². The molecule has 2 amide bonds. The van der Waals surface area contributed by atoms with Gasteiger partial charge in [0.25, 0.3) is 11.8 Å². The Bertz CT molecular complexity index is 1380. The summed E-state index contributed by atoms with van der Waals surface area (Å²) in [4.78, 5) is 27.9. The van der Waals surface area contributed by atoms with Crippen molar-refractivity contribution in [1.29, 1.82) is 0 Å². The number of hydrazone groups is 2. The number of nitrogens with zero attached hydrogens (tertiary/aromatic N) is 4. The molecule has 3 aromatic carbocycles. The summed E-state index contributed by atoms with van der Waals surface area (Å²) in [6.07, 6.45) is 0. The zero-order chi connectivity index (χ0) is 27.1. The van der Waals surface area contributed by atoms with Gasteiger partial charge in [0.1, 0.15) is 0 Å². The van der Waals surface area contributed by atoms with Gasteiger partial charge >= 0.3 is 0 Å². The van der Waals surface area contributed by atoms with Crippen molar-refractivity contribution in [3.63, 3.8) is 0 Å². The molecule has 2 heterocycles. The number of methoxy groups -OCH3 is 1. The Labute approximate surface area is 221 Å². The van der Waals surface area contributed by atoms with E-state index in [1.807, 2.05) is 76.2 Å². The SMILES string of the molecule is COc1cc(C(C2C(=O)N(c3ccc(C)cc3)N=C2C)C2C(=O)N(c3ccc(C)cc3)N=C2C)ccc1O. The van der Waals surface area contributed by atoms with Crippen LogP contribution in [0.15, 0.2) is 76.9 Å². The highest BCUT2D eigenvalue weighted by Gasteiger charge is 2.50. The second-order valence-electron chi connectivity index (χ2n) is 9.87. The molecule has 2 atom stereocenters. The number of anilines is 2. The summed E-state index contributed by atoms with van der Waals surface area (Å²) in [6, 6.07) is 20.1. The molecule has 0 aliphatic carbocycles. The Morgan fingerprint density at radius 2 is 1.18 bits per heavy atom. The van der Waals surface area contributed by atoms with E-state index in [1.54, 1.807) is 12.1 Å². The van der Waals surface area contributed by atoms with Crippen LogP contribution < -0.4 is 14.8 Å². The van der Waals surface area contributed by atoms with Gasteiger partial charge in [-0.1, -0.05) is 41.5 Å². The molecule has 8 nitrogen and oxygen atoms in total. The van der Waals surface area contributed by atoms with Crippen LogP contribution in [0, 0.1) is 25.7 Å². The predicted molar refractivity (Wildman–Crippen MR) is 148 cm³/mol. The maximum atomic E-state index is 14.0. The Hall–Kier alpha value is -4.46. The average Bonchev–Trinajstić information content (AvgIpc) is 3.36. The number of benzene rings is 3. The Balaban J connectivity index is 1.59. The maximum Gasteiger partial charge on any atom is 0.256 e. The van der Waals surface area contributed by atoms with Crippen molar-refractivity contribution in [1.82, 2.24) is 0 Å². The van der Waals surface area contributed by atoms with Crippen molar-refractivity contribution in [2.24, 2.45) is 22.0 Å². The Morgan fingerprint density at radius 1 is 0.737 bits per heavy atom. The number of hydrogen-bond donors (Lipinski definition) is 1. The van der Waals surface area contributed by atoms with Crippen molar-refractivity contribution in [2.45, 2.75) is 33.6 Å². The quantitative estimate of drug-likeness (QED) is 0.494. The smallest absolute Gasteiger partial charge is 0.256 e. The van der Waals surface area contributed by atoms with E-state index in [-0.39, 0.29) is 23.3 Å². The number of carbonyl (C=O) groups excluding carboxylic acids is 2. The van der Waals surface area contributed by atoms with Crippen molar-refractivity contribution < 1.29 is 19.4 Å². The van der Waals surface area contributed by atoms with Crippen LogP contribution in [0.5, 0.6) is 11.5 Å². The van der Waals surface area contributed by atoms with Crippen LogP contribution in [0.3, 0.4) is 0 Å². The lowest BCUT2D eigenvalue weighted by molar-refractivity contribution is -0.122. The normalized spacial score (nSPS) is 20.0. The molecule has 2 unspecified atom stereocenters. The molecule has 0 radical (unpaired) electrons. The summed E-state index contributed by atoms with van der Waals surface area (Å²) in [5.74, 6) is -2.27. The average molecular weight is 511 g/mol. The van der Waals surface area contributed by atoms with Crippen LogP contribution in [0.1, 0.15) is 36.5 Å². The molecule has 5 rings (SSSR count). The standard InChI is InChI=1S/C30H30N4O4/c1-17-6-11-22(12-7-17)33-29(36)26(19(3)31-33)28(21-10-15-24(35)25(16-21)38-5)27-20(4)32-34(30(27)37)23-13-8-18(2)9-14-23/h6-16,26-28,35H,1-5H3. The Kier molecular flexibility index (Phi) is 6.48. The van der Waals surface area contributed by atoms with Crippen molar-refractivity contribution in [2.75, 3.05) is 17.1 Å². The molecule has 0 fully saturated rings. The molecule has 3 aromatic rings. The van der Waals surface area contributed by atoms with Crippen LogP contribution in [-0.4, -0.2) is 35.5 Å². The van der Waals surface area contributed by atoms with E-state index in [1.165, 1.54) is 23.2 Å². The fourth-order valence-corrected chi connectivity index (χ4v) is 5.21. The molecule has 0 bridgehead atoms. The van der Waals surface area contributed by atoms with Crippen molar-refractivity contribution >= 4 is 34.6 Å². The third kappa shape index (κ3) is 4.32. The first-order valence-corrected chi connectivity index (χ1v) is 12.5. The van der Waals surface area contributed by atoms with Crippen LogP contribution in [0.25, 0.3) is 0 Å². The molecular weight excluding hydrogens is 480 g/mol. The number of aryl methyl sites for hydroxylation is 2. The van der Waals surface area contributed by atoms with E-state index in [0.717, 1.165) is 11.1 Å². The number of ether oxygens (including phenoxy) is 1. The first kappa shape index (κ1) is 25.2. The van der Waals surface area contributed by atoms with Crippen molar-refractivity contribution in [3.8, 4) is 11.5 Å². The highest BCUT2D eigenvalue weighted by molar-refractivity contribution is 6.19. The molecule has 0 saturated carbocycles. The molecule has 2 aliphatic rings. The molecule has 1 N–H and O–H groups in total. The van der Waals surface area contributed by atoms with Gasteiger partial charge in [0.15, 0.2) is 11.5 Å². The predicted octanol–water partition coefficient (Wildman–Crippen LogP) is 5.18. The highest BCUT2D eigenvalue weighted by Crippen LogP contribution is 2.44. The van der Waals surface area contributed by atoms with Crippen LogP contribution >= 0.6 is 0 Å². The summed E-state index contributed by atoms with van der Waals surface area (Å²) in [6.45, 7) is 7.58. The van der Waals surface area contributed by atoms with Gasteiger partial charge in [0.05, 0.1) is 30.3 Å². The molecule has 194 valence electrons.